The number of ether oxygens (including phenoxy) is 1. The first-order valence-electron chi connectivity index (χ1n) is 4.68. The van der Waals surface area contributed by atoms with Gasteiger partial charge in [0, 0.05) is 24.1 Å². The summed E-state index contributed by atoms with van der Waals surface area (Å²) in [6, 6.07) is 1.38. The second-order valence-electron chi connectivity index (χ2n) is 3.36. The van der Waals surface area contributed by atoms with E-state index in [4.69, 9.17) is 4.74 Å². The Bertz CT molecular complexity index is 600. The molecule has 0 saturated carbocycles. The van der Waals surface area contributed by atoms with Crippen LogP contribution < -0.4 is 5.56 Å². The number of rotatable bonds is 2. The quantitative estimate of drug-likeness (QED) is 0.736. The van der Waals surface area contributed by atoms with Crippen molar-refractivity contribution < 1.29 is 9.53 Å². The third-order valence-electron chi connectivity index (χ3n) is 2.05. The van der Waals surface area contributed by atoms with E-state index in [9.17, 15) is 9.59 Å². The maximum Gasteiger partial charge on any atom is 0.303 e. The van der Waals surface area contributed by atoms with E-state index in [1.165, 1.54) is 28.7 Å². The molecule has 0 aliphatic carbocycles. The summed E-state index contributed by atoms with van der Waals surface area (Å²) in [6.45, 7) is 3.21. The Balaban J connectivity index is 2.43. The van der Waals surface area contributed by atoms with Crippen molar-refractivity contribution in [2.75, 3.05) is 0 Å². The van der Waals surface area contributed by atoms with Gasteiger partial charge in [0.1, 0.15) is 6.61 Å². The lowest BCUT2D eigenvalue weighted by molar-refractivity contribution is -0.142. The molecule has 0 aliphatic rings. The molecule has 2 rings (SSSR count). The zero-order valence-corrected chi connectivity index (χ0v) is 9.71. The fourth-order valence-electron chi connectivity index (χ4n) is 1.35. The van der Waals surface area contributed by atoms with Crippen LogP contribution in [-0.4, -0.2) is 15.4 Å². The Morgan fingerprint density at radius 2 is 2.38 bits per heavy atom. The standard InChI is InChI=1S/C10H10N2O3S/c1-6-5-16-10-11-8(4-15-7(2)13)3-9(14)12(6)10/h3,5H,4H2,1-2H3. The number of hydrogen-bond acceptors (Lipinski definition) is 5. The number of carbonyl (C=O) groups excluding carboxylic acids is 1. The van der Waals surface area contributed by atoms with Crippen LogP contribution in [0.5, 0.6) is 0 Å². The zero-order valence-electron chi connectivity index (χ0n) is 8.89. The van der Waals surface area contributed by atoms with Crippen LogP contribution in [0.25, 0.3) is 4.96 Å². The van der Waals surface area contributed by atoms with Crippen LogP contribution in [0.3, 0.4) is 0 Å². The van der Waals surface area contributed by atoms with Gasteiger partial charge in [0.2, 0.25) is 0 Å². The number of esters is 1. The van der Waals surface area contributed by atoms with Gasteiger partial charge in [-0.2, -0.15) is 0 Å². The third kappa shape index (κ3) is 1.96. The monoisotopic (exact) mass is 238 g/mol. The molecule has 2 aromatic rings. The largest absolute Gasteiger partial charge is 0.459 e. The molecule has 16 heavy (non-hydrogen) atoms. The molecule has 2 heterocycles. The van der Waals surface area contributed by atoms with Crippen molar-refractivity contribution in [3.63, 3.8) is 0 Å². The van der Waals surface area contributed by atoms with Crippen molar-refractivity contribution >= 4 is 22.3 Å². The zero-order chi connectivity index (χ0) is 11.7. The summed E-state index contributed by atoms with van der Waals surface area (Å²) >= 11 is 1.39. The SMILES string of the molecule is CC(=O)OCc1cc(=O)n2c(C)csc2n1. The first-order chi connectivity index (χ1) is 7.58. The van der Waals surface area contributed by atoms with Crippen molar-refractivity contribution in [1.29, 1.82) is 0 Å². The van der Waals surface area contributed by atoms with Crippen molar-refractivity contribution in [1.82, 2.24) is 9.38 Å². The summed E-state index contributed by atoms with van der Waals surface area (Å²) < 4.78 is 6.32. The predicted octanol–water partition coefficient (Wildman–Crippen LogP) is 1.13. The van der Waals surface area contributed by atoms with Gasteiger partial charge in [-0.3, -0.25) is 14.0 Å². The summed E-state index contributed by atoms with van der Waals surface area (Å²) in [6.07, 6.45) is 0. The van der Waals surface area contributed by atoms with Crippen LogP contribution >= 0.6 is 11.3 Å². The highest BCUT2D eigenvalue weighted by atomic mass is 32.1. The fourth-order valence-corrected chi connectivity index (χ4v) is 2.24. The Kier molecular flexibility index (Phi) is 2.74. The van der Waals surface area contributed by atoms with E-state index in [0.29, 0.717) is 10.7 Å². The molecule has 5 nitrogen and oxygen atoms in total. The van der Waals surface area contributed by atoms with E-state index in [1.807, 2.05) is 12.3 Å². The van der Waals surface area contributed by atoms with Crippen LogP contribution in [0.15, 0.2) is 16.2 Å². The Morgan fingerprint density at radius 1 is 1.62 bits per heavy atom. The van der Waals surface area contributed by atoms with Crippen molar-refractivity contribution in [3.05, 3.63) is 33.2 Å². The smallest absolute Gasteiger partial charge is 0.303 e. The molecule has 0 bridgehead atoms. The average Bonchev–Trinajstić information content (AvgIpc) is 2.58. The summed E-state index contributed by atoms with van der Waals surface area (Å²) in [7, 11) is 0. The number of fused-ring (bicyclic) bond motifs is 1. The molecule has 6 heteroatoms. The molecular formula is C10H10N2O3S. The van der Waals surface area contributed by atoms with Crippen molar-refractivity contribution in [2.45, 2.75) is 20.5 Å². The van der Waals surface area contributed by atoms with Gasteiger partial charge in [-0.15, -0.1) is 11.3 Å². The lowest BCUT2D eigenvalue weighted by Crippen LogP contribution is -2.15. The molecule has 0 spiro atoms. The summed E-state index contributed by atoms with van der Waals surface area (Å²) in [5, 5.41) is 1.86. The number of carbonyl (C=O) groups is 1. The van der Waals surface area contributed by atoms with Gasteiger partial charge in [0.05, 0.1) is 5.69 Å². The normalized spacial score (nSPS) is 10.6. The molecule has 0 saturated heterocycles. The predicted molar refractivity (Wildman–Crippen MR) is 59.5 cm³/mol. The van der Waals surface area contributed by atoms with Crippen molar-refractivity contribution in [3.8, 4) is 0 Å². The molecule has 0 unspecified atom stereocenters. The van der Waals surface area contributed by atoms with Gasteiger partial charge in [-0.05, 0) is 6.92 Å². The van der Waals surface area contributed by atoms with E-state index in [2.05, 4.69) is 4.98 Å². The minimum Gasteiger partial charge on any atom is -0.459 e. The maximum atomic E-state index is 11.7. The third-order valence-corrected chi connectivity index (χ3v) is 3.00. The maximum absolute atomic E-state index is 11.7. The molecule has 0 aliphatic heterocycles. The first kappa shape index (κ1) is 10.8. The molecule has 0 amide bonds. The molecule has 0 N–H and O–H groups in total. The fraction of sp³-hybridized carbons (Fsp3) is 0.300. The van der Waals surface area contributed by atoms with Crippen molar-refractivity contribution in [2.24, 2.45) is 0 Å². The van der Waals surface area contributed by atoms with E-state index >= 15 is 0 Å². The Labute approximate surface area is 95.3 Å². The van der Waals surface area contributed by atoms with Crippen LogP contribution in [0, 0.1) is 6.92 Å². The number of nitrogens with zero attached hydrogens (tertiary/aromatic N) is 2. The highest BCUT2D eigenvalue weighted by molar-refractivity contribution is 7.15. The lowest BCUT2D eigenvalue weighted by Gasteiger charge is -2.01. The molecule has 0 aromatic carbocycles. The summed E-state index contributed by atoms with van der Waals surface area (Å²) in [4.78, 5) is 27.2. The van der Waals surface area contributed by atoms with E-state index < -0.39 is 0 Å². The number of hydrogen-bond donors (Lipinski definition) is 0. The average molecular weight is 238 g/mol. The molecule has 0 fully saturated rings. The van der Waals surface area contributed by atoms with Gasteiger partial charge in [-0.1, -0.05) is 0 Å². The van der Waals surface area contributed by atoms with Crippen LogP contribution in [0.1, 0.15) is 18.3 Å². The highest BCUT2D eigenvalue weighted by Gasteiger charge is 2.06. The molecule has 0 radical (unpaired) electrons. The van der Waals surface area contributed by atoms with Gasteiger partial charge in [0.15, 0.2) is 4.96 Å². The molecule has 0 atom stereocenters. The molecule has 84 valence electrons. The van der Waals surface area contributed by atoms with Gasteiger partial charge in [-0.25, -0.2) is 4.98 Å². The summed E-state index contributed by atoms with van der Waals surface area (Å²) in [5.74, 6) is -0.385. The van der Waals surface area contributed by atoms with Crippen LogP contribution in [-0.2, 0) is 16.1 Å². The van der Waals surface area contributed by atoms with Crippen LogP contribution in [0.4, 0.5) is 0 Å². The van der Waals surface area contributed by atoms with Crippen LogP contribution in [0.2, 0.25) is 0 Å². The minimum absolute atomic E-state index is 0.0397. The van der Waals surface area contributed by atoms with Gasteiger partial charge >= 0.3 is 5.97 Å². The number of thiazole rings is 1. The number of aryl methyl sites for hydroxylation is 1. The Morgan fingerprint density at radius 3 is 3.06 bits per heavy atom. The first-order valence-corrected chi connectivity index (χ1v) is 5.56. The van der Waals surface area contributed by atoms with E-state index in [-0.39, 0.29) is 18.1 Å². The van der Waals surface area contributed by atoms with Gasteiger partial charge in [0.25, 0.3) is 5.56 Å². The molecular weight excluding hydrogens is 228 g/mol. The highest BCUT2D eigenvalue weighted by Crippen LogP contribution is 2.11. The minimum atomic E-state index is -0.385. The second kappa shape index (κ2) is 4.05. The van der Waals surface area contributed by atoms with E-state index in [1.54, 1.807) is 0 Å². The lowest BCUT2D eigenvalue weighted by atomic mass is 10.4. The molecule has 2 aromatic heterocycles. The van der Waals surface area contributed by atoms with E-state index in [0.717, 1.165) is 5.69 Å². The Hall–Kier alpha value is -1.69. The second-order valence-corrected chi connectivity index (χ2v) is 4.20. The summed E-state index contributed by atoms with van der Waals surface area (Å²) in [5.41, 5.74) is 1.18. The number of aromatic nitrogens is 2. The van der Waals surface area contributed by atoms with Gasteiger partial charge < -0.3 is 4.74 Å². The topological polar surface area (TPSA) is 60.7 Å².